The van der Waals surface area contributed by atoms with Gasteiger partial charge in [0.25, 0.3) is 5.91 Å². The molecule has 2 aromatic rings. The van der Waals surface area contributed by atoms with E-state index in [-0.39, 0.29) is 19.0 Å². The van der Waals surface area contributed by atoms with E-state index in [9.17, 15) is 13.2 Å². The van der Waals surface area contributed by atoms with Crippen molar-refractivity contribution in [1.29, 1.82) is 0 Å². The molecule has 0 aromatic heterocycles. The van der Waals surface area contributed by atoms with Crippen LogP contribution in [0.1, 0.15) is 15.9 Å². The van der Waals surface area contributed by atoms with Crippen LogP contribution in [-0.2, 0) is 10.0 Å². The van der Waals surface area contributed by atoms with Crippen LogP contribution in [0.5, 0.6) is 5.75 Å². The van der Waals surface area contributed by atoms with Gasteiger partial charge < -0.3 is 9.64 Å². The van der Waals surface area contributed by atoms with Crippen molar-refractivity contribution >= 4 is 15.9 Å². The van der Waals surface area contributed by atoms with Crippen molar-refractivity contribution < 1.29 is 17.9 Å². The molecule has 1 fully saturated rings. The maximum atomic E-state index is 12.8. The molecule has 0 radical (unpaired) electrons. The lowest BCUT2D eigenvalue weighted by atomic mass is 10.1. The molecule has 3 rings (SSSR count). The number of nitrogens with zero attached hydrogens (tertiary/aromatic N) is 2. The van der Waals surface area contributed by atoms with Gasteiger partial charge in [0.2, 0.25) is 10.0 Å². The number of carbonyl (C=O) groups is 1. The second-order valence-corrected chi connectivity index (χ2v) is 8.18. The lowest BCUT2D eigenvalue weighted by molar-refractivity contribution is 0.0697. The first-order valence-electron chi connectivity index (χ1n) is 8.42. The number of amides is 1. The fourth-order valence-corrected chi connectivity index (χ4v) is 4.52. The van der Waals surface area contributed by atoms with Gasteiger partial charge in [-0.2, -0.15) is 4.31 Å². The summed E-state index contributed by atoms with van der Waals surface area (Å²) in [4.78, 5) is 14.6. The van der Waals surface area contributed by atoms with E-state index in [0.29, 0.717) is 29.3 Å². The Morgan fingerprint density at radius 3 is 2.35 bits per heavy atom. The minimum atomic E-state index is -3.53. The third kappa shape index (κ3) is 3.73. The number of piperazine rings is 1. The Morgan fingerprint density at radius 1 is 1.00 bits per heavy atom. The summed E-state index contributed by atoms with van der Waals surface area (Å²) >= 11 is 0. The predicted octanol–water partition coefficient (Wildman–Crippen LogP) is 2.15. The van der Waals surface area contributed by atoms with Gasteiger partial charge in [-0.3, -0.25) is 4.79 Å². The summed E-state index contributed by atoms with van der Waals surface area (Å²) < 4.78 is 32.1. The van der Waals surface area contributed by atoms with Crippen molar-refractivity contribution in [1.82, 2.24) is 9.21 Å². The highest BCUT2D eigenvalue weighted by Gasteiger charge is 2.30. The molecule has 0 unspecified atom stereocenters. The van der Waals surface area contributed by atoms with Gasteiger partial charge in [0, 0.05) is 31.7 Å². The second-order valence-electron chi connectivity index (χ2n) is 6.24. The summed E-state index contributed by atoms with van der Waals surface area (Å²) in [5, 5.41) is 0. The highest BCUT2D eigenvalue weighted by molar-refractivity contribution is 7.89. The Morgan fingerprint density at radius 2 is 1.69 bits per heavy atom. The Kier molecular flexibility index (Phi) is 5.29. The normalized spacial score (nSPS) is 15.7. The molecule has 2 aromatic carbocycles. The van der Waals surface area contributed by atoms with E-state index in [2.05, 4.69) is 0 Å². The standard InChI is InChI=1S/C19H22N2O4S/c1-15-5-3-8-18(13-15)26(23,24)21-11-9-20(10-12-21)19(22)16-6-4-7-17(14-16)25-2/h3-8,13-14H,9-12H2,1-2H3. The molecule has 0 spiro atoms. The Balaban J connectivity index is 1.69. The SMILES string of the molecule is COc1cccc(C(=O)N2CCN(S(=O)(=O)c3cccc(C)c3)CC2)c1. The van der Waals surface area contributed by atoms with Crippen molar-refractivity contribution in [3.63, 3.8) is 0 Å². The van der Waals surface area contributed by atoms with Gasteiger partial charge in [-0.1, -0.05) is 18.2 Å². The van der Waals surface area contributed by atoms with E-state index in [1.165, 1.54) is 4.31 Å². The molecule has 6 nitrogen and oxygen atoms in total. The van der Waals surface area contributed by atoms with Crippen LogP contribution < -0.4 is 4.74 Å². The largest absolute Gasteiger partial charge is 0.497 e. The number of rotatable bonds is 4. The number of ether oxygens (including phenoxy) is 1. The quantitative estimate of drug-likeness (QED) is 0.822. The van der Waals surface area contributed by atoms with Crippen LogP contribution >= 0.6 is 0 Å². The summed E-state index contributed by atoms with van der Waals surface area (Å²) in [7, 11) is -1.98. The minimum absolute atomic E-state index is 0.114. The van der Waals surface area contributed by atoms with Crippen molar-refractivity contribution in [2.45, 2.75) is 11.8 Å². The molecule has 1 saturated heterocycles. The Labute approximate surface area is 154 Å². The lowest BCUT2D eigenvalue weighted by Crippen LogP contribution is -2.50. The Hall–Kier alpha value is -2.38. The van der Waals surface area contributed by atoms with Crippen LogP contribution in [0.15, 0.2) is 53.4 Å². The summed E-state index contributed by atoms with van der Waals surface area (Å²) in [6.07, 6.45) is 0. The van der Waals surface area contributed by atoms with Crippen molar-refractivity contribution in [3.05, 3.63) is 59.7 Å². The molecular formula is C19H22N2O4S. The zero-order valence-electron chi connectivity index (χ0n) is 14.9. The van der Waals surface area contributed by atoms with Gasteiger partial charge >= 0.3 is 0 Å². The van der Waals surface area contributed by atoms with Gasteiger partial charge in [0.15, 0.2) is 0 Å². The smallest absolute Gasteiger partial charge is 0.254 e. The first-order valence-corrected chi connectivity index (χ1v) is 9.86. The number of hydrogen-bond donors (Lipinski definition) is 0. The average Bonchev–Trinajstić information content (AvgIpc) is 2.67. The van der Waals surface area contributed by atoms with Crippen LogP contribution in [0, 0.1) is 6.92 Å². The number of aryl methyl sites for hydroxylation is 1. The van der Waals surface area contributed by atoms with Crippen LogP contribution in [0.25, 0.3) is 0 Å². The predicted molar refractivity (Wildman–Crippen MR) is 98.8 cm³/mol. The Bertz CT molecular complexity index is 903. The van der Waals surface area contributed by atoms with Gasteiger partial charge in [-0.25, -0.2) is 8.42 Å². The third-order valence-corrected chi connectivity index (χ3v) is 6.36. The number of carbonyl (C=O) groups excluding carboxylic acids is 1. The molecule has 1 aliphatic rings. The van der Waals surface area contributed by atoms with E-state index in [4.69, 9.17) is 4.74 Å². The molecule has 0 N–H and O–H groups in total. The van der Waals surface area contributed by atoms with Gasteiger partial charge in [-0.15, -0.1) is 0 Å². The summed E-state index contributed by atoms with van der Waals surface area (Å²) in [6.45, 7) is 3.16. The second kappa shape index (κ2) is 7.47. The minimum Gasteiger partial charge on any atom is -0.497 e. The van der Waals surface area contributed by atoms with Gasteiger partial charge in [0.05, 0.1) is 12.0 Å². The molecule has 26 heavy (non-hydrogen) atoms. The van der Waals surface area contributed by atoms with E-state index >= 15 is 0 Å². The summed E-state index contributed by atoms with van der Waals surface area (Å²) in [5.41, 5.74) is 1.44. The van der Waals surface area contributed by atoms with Crippen molar-refractivity contribution in [3.8, 4) is 5.75 Å². The van der Waals surface area contributed by atoms with E-state index in [1.807, 2.05) is 13.0 Å². The summed E-state index contributed by atoms with van der Waals surface area (Å²) in [6, 6.07) is 13.9. The monoisotopic (exact) mass is 374 g/mol. The topological polar surface area (TPSA) is 66.9 Å². The zero-order valence-corrected chi connectivity index (χ0v) is 15.7. The van der Waals surface area contributed by atoms with Crippen LogP contribution in [0.4, 0.5) is 0 Å². The highest BCUT2D eigenvalue weighted by Crippen LogP contribution is 2.20. The maximum Gasteiger partial charge on any atom is 0.254 e. The molecule has 0 saturated carbocycles. The lowest BCUT2D eigenvalue weighted by Gasteiger charge is -2.34. The molecule has 0 atom stereocenters. The van der Waals surface area contributed by atoms with Crippen molar-refractivity contribution in [2.75, 3.05) is 33.3 Å². The molecular weight excluding hydrogens is 352 g/mol. The van der Waals surface area contributed by atoms with E-state index in [1.54, 1.807) is 54.5 Å². The van der Waals surface area contributed by atoms with Gasteiger partial charge in [0.1, 0.15) is 5.75 Å². The van der Waals surface area contributed by atoms with E-state index in [0.717, 1.165) is 5.56 Å². The number of sulfonamides is 1. The highest BCUT2D eigenvalue weighted by atomic mass is 32.2. The number of hydrogen-bond acceptors (Lipinski definition) is 4. The van der Waals surface area contributed by atoms with E-state index < -0.39 is 10.0 Å². The molecule has 1 amide bonds. The maximum absolute atomic E-state index is 12.8. The van der Waals surface area contributed by atoms with Gasteiger partial charge in [-0.05, 0) is 42.8 Å². The molecule has 1 aliphatic heterocycles. The number of methoxy groups -OCH3 is 1. The van der Waals surface area contributed by atoms with Crippen LogP contribution in [0.3, 0.4) is 0 Å². The first kappa shape index (κ1) is 18.4. The number of benzene rings is 2. The van der Waals surface area contributed by atoms with Crippen LogP contribution in [-0.4, -0.2) is 56.8 Å². The summed E-state index contributed by atoms with van der Waals surface area (Å²) in [5.74, 6) is 0.507. The molecule has 138 valence electrons. The average molecular weight is 374 g/mol. The molecule has 1 heterocycles. The first-order chi connectivity index (χ1) is 12.4. The fraction of sp³-hybridized carbons (Fsp3) is 0.316. The molecule has 0 aliphatic carbocycles. The van der Waals surface area contributed by atoms with Crippen molar-refractivity contribution in [2.24, 2.45) is 0 Å². The van der Waals surface area contributed by atoms with Crippen LogP contribution in [0.2, 0.25) is 0 Å². The molecule has 0 bridgehead atoms. The zero-order chi connectivity index (χ0) is 18.7. The molecule has 7 heteroatoms. The third-order valence-electron chi connectivity index (χ3n) is 4.47. The fourth-order valence-electron chi connectivity index (χ4n) is 3.00.